The number of aliphatic hydroxyl groups is 1. The Morgan fingerprint density at radius 3 is 2.74 bits per heavy atom. The topological polar surface area (TPSA) is 59.7 Å². The average Bonchev–Trinajstić information content (AvgIpc) is 2.86. The maximum absolute atomic E-state index is 13.2. The molecule has 0 saturated heterocycles. The van der Waals surface area contributed by atoms with Crippen LogP contribution in [0.5, 0.6) is 5.75 Å². The van der Waals surface area contributed by atoms with Crippen LogP contribution in [0, 0.1) is 5.92 Å². The standard InChI is InChI=1S/C30H28O4/c1-19(2)28-16-27(32)30-26(22-10-5-7-20(13-22)17-31)14-24(15-29(30)34-28)33-18-23-11-6-9-21-8-3-4-12-25(21)23/h3-6,8-16,19-20,31H,7,17-18H2,1-2H3. The van der Waals surface area contributed by atoms with E-state index in [1.165, 1.54) is 5.39 Å². The second-order valence-electron chi connectivity index (χ2n) is 9.14. The lowest BCUT2D eigenvalue weighted by atomic mass is 9.91. The van der Waals surface area contributed by atoms with E-state index in [1.807, 2.05) is 62.4 Å². The van der Waals surface area contributed by atoms with E-state index in [2.05, 4.69) is 24.3 Å². The van der Waals surface area contributed by atoms with E-state index in [-0.39, 0.29) is 23.9 Å². The van der Waals surface area contributed by atoms with E-state index in [0.717, 1.165) is 28.5 Å². The molecule has 34 heavy (non-hydrogen) atoms. The zero-order valence-electron chi connectivity index (χ0n) is 19.5. The fourth-order valence-electron chi connectivity index (χ4n) is 4.51. The van der Waals surface area contributed by atoms with Gasteiger partial charge in [0.2, 0.25) is 0 Å². The molecule has 1 aromatic heterocycles. The van der Waals surface area contributed by atoms with Gasteiger partial charge in [0.1, 0.15) is 23.7 Å². The molecule has 1 heterocycles. The number of aliphatic hydroxyl groups excluding tert-OH is 1. The summed E-state index contributed by atoms with van der Waals surface area (Å²) in [6, 6.07) is 19.8. The summed E-state index contributed by atoms with van der Waals surface area (Å²) in [5.74, 6) is 1.40. The fraction of sp³-hybridized carbons (Fsp3) is 0.233. The lowest BCUT2D eigenvalue weighted by molar-refractivity contribution is 0.253. The normalized spacial score (nSPS) is 15.8. The van der Waals surface area contributed by atoms with Crippen LogP contribution in [0.15, 0.2) is 88.1 Å². The Bertz CT molecular complexity index is 1470. The first kappa shape index (κ1) is 22.2. The monoisotopic (exact) mass is 452 g/mol. The number of benzene rings is 3. The summed E-state index contributed by atoms with van der Waals surface area (Å²) in [6.07, 6.45) is 6.85. The highest BCUT2D eigenvalue weighted by molar-refractivity contribution is 5.95. The molecular formula is C30H28O4. The highest BCUT2D eigenvalue weighted by Crippen LogP contribution is 2.34. The highest BCUT2D eigenvalue weighted by Gasteiger charge is 2.18. The number of fused-ring (bicyclic) bond motifs is 2. The van der Waals surface area contributed by atoms with Gasteiger partial charge in [0, 0.05) is 30.6 Å². The van der Waals surface area contributed by atoms with Crippen molar-refractivity contribution in [2.45, 2.75) is 32.8 Å². The number of hydrogen-bond acceptors (Lipinski definition) is 4. The van der Waals surface area contributed by atoms with Gasteiger partial charge in [-0.25, -0.2) is 0 Å². The van der Waals surface area contributed by atoms with E-state index < -0.39 is 0 Å². The zero-order valence-corrected chi connectivity index (χ0v) is 19.5. The second-order valence-corrected chi connectivity index (χ2v) is 9.14. The van der Waals surface area contributed by atoms with E-state index in [4.69, 9.17) is 9.15 Å². The van der Waals surface area contributed by atoms with E-state index in [1.54, 1.807) is 6.07 Å². The van der Waals surface area contributed by atoms with Gasteiger partial charge in [0.15, 0.2) is 5.43 Å². The molecule has 3 aromatic carbocycles. The predicted molar refractivity (Wildman–Crippen MR) is 137 cm³/mol. The second kappa shape index (κ2) is 9.32. The summed E-state index contributed by atoms with van der Waals surface area (Å²) in [6.45, 7) is 4.47. The van der Waals surface area contributed by atoms with Gasteiger partial charge < -0.3 is 14.3 Å². The molecule has 0 spiro atoms. The molecule has 5 rings (SSSR count). The lowest BCUT2D eigenvalue weighted by Crippen LogP contribution is -2.09. The van der Waals surface area contributed by atoms with Crippen molar-refractivity contribution in [2.75, 3.05) is 6.61 Å². The molecule has 1 N–H and O–H groups in total. The SMILES string of the molecule is CC(C)c1cc(=O)c2c(C3=CC(CO)CC=C3)cc(OCc3cccc4ccccc34)cc2o1. The van der Waals surface area contributed by atoms with Gasteiger partial charge in [0.05, 0.1) is 5.39 Å². The minimum absolute atomic E-state index is 0.0253. The maximum Gasteiger partial charge on any atom is 0.193 e. The van der Waals surface area contributed by atoms with Gasteiger partial charge in [-0.15, -0.1) is 0 Å². The van der Waals surface area contributed by atoms with Gasteiger partial charge in [-0.3, -0.25) is 4.79 Å². The average molecular weight is 453 g/mol. The van der Waals surface area contributed by atoms with Gasteiger partial charge in [-0.2, -0.15) is 0 Å². The summed E-state index contributed by atoms with van der Waals surface area (Å²) in [4.78, 5) is 13.2. The molecule has 1 unspecified atom stereocenters. The molecule has 0 aliphatic heterocycles. The third-order valence-corrected chi connectivity index (χ3v) is 6.36. The molecule has 172 valence electrons. The number of ether oxygens (including phenoxy) is 1. The Labute approximate surface area is 198 Å². The van der Waals surface area contributed by atoms with Crippen LogP contribution >= 0.6 is 0 Å². The van der Waals surface area contributed by atoms with Crippen molar-refractivity contribution in [3.05, 3.63) is 106 Å². The van der Waals surface area contributed by atoms with Crippen LogP contribution in [0.25, 0.3) is 27.3 Å². The Kier molecular flexibility index (Phi) is 6.08. The molecule has 0 amide bonds. The quantitative estimate of drug-likeness (QED) is 0.358. The molecule has 1 atom stereocenters. The first-order valence-corrected chi connectivity index (χ1v) is 11.7. The molecule has 1 aliphatic rings. The van der Waals surface area contributed by atoms with Crippen LogP contribution in [-0.2, 0) is 6.61 Å². The fourth-order valence-corrected chi connectivity index (χ4v) is 4.51. The lowest BCUT2D eigenvalue weighted by Gasteiger charge is -2.17. The number of allylic oxidation sites excluding steroid dienone is 3. The van der Waals surface area contributed by atoms with Crippen molar-refractivity contribution in [3.63, 3.8) is 0 Å². The first-order valence-electron chi connectivity index (χ1n) is 11.7. The number of rotatable bonds is 6. The Morgan fingerprint density at radius 2 is 1.91 bits per heavy atom. The zero-order chi connectivity index (χ0) is 23.7. The molecular weight excluding hydrogens is 424 g/mol. The van der Waals surface area contributed by atoms with Crippen molar-refractivity contribution >= 4 is 27.3 Å². The Morgan fingerprint density at radius 1 is 1.09 bits per heavy atom. The van der Waals surface area contributed by atoms with Crippen LogP contribution in [0.3, 0.4) is 0 Å². The third-order valence-electron chi connectivity index (χ3n) is 6.36. The molecule has 0 radical (unpaired) electrons. The van der Waals surface area contributed by atoms with Gasteiger partial charge in [-0.1, -0.05) is 74.5 Å². The third kappa shape index (κ3) is 4.29. The Hall–Kier alpha value is -3.63. The summed E-state index contributed by atoms with van der Waals surface area (Å²) >= 11 is 0. The molecule has 0 saturated carbocycles. The summed E-state index contributed by atoms with van der Waals surface area (Å²) in [5, 5.41) is 12.6. The summed E-state index contributed by atoms with van der Waals surface area (Å²) < 4.78 is 12.4. The van der Waals surface area contributed by atoms with Crippen molar-refractivity contribution in [1.29, 1.82) is 0 Å². The molecule has 0 fully saturated rings. The van der Waals surface area contributed by atoms with Gasteiger partial charge in [0.25, 0.3) is 0 Å². The van der Waals surface area contributed by atoms with Gasteiger partial charge in [-0.05, 0) is 40.0 Å². The minimum Gasteiger partial charge on any atom is -0.489 e. The van der Waals surface area contributed by atoms with Crippen molar-refractivity contribution in [1.82, 2.24) is 0 Å². The molecule has 4 heteroatoms. The molecule has 4 aromatic rings. The van der Waals surface area contributed by atoms with Crippen LogP contribution in [0.2, 0.25) is 0 Å². The predicted octanol–water partition coefficient (Wildman–Crippen LogP) is 6.60. The van der Waals surface area contributed by atoms with Crippen LogP contribution in [0.4, 0.5) is 0 Å². The van der Waals surface area contributed by atoms with Crippen LogP contribution in [0.1, 0.15) is 43.1 Å². The molecule has 1 aliphatic carbocycles. The molecule has 4 nitrogen and oxygen atoms in total. The Balaban J connectivity index is 1.61. The molecule has 0 bridgehead atoms. The van der Waals surface area contributed by atoms with Crippen LogP contribution < -0.4 is 10.2 Å². The smallest absolute Gasteiger partial charge is 0.193 e. The summed E-state index contributed by atoms with van der Waals surface area (Å²) in [5.41, 5.74) is 3.21. The van der Waals surface area contributed by atoms with E-state index in [9.17, 15) is 9.90 Å². The van der Waals surface area contributed by atoms with Crippen molar-refractivity contribution in [2.24, 2.45) is 5.92 Å². The van der Waals surface area contributed by atoms with E-state index >= 15 is 0 Å². The number of hydrogen-bond donors (Lipinski definition) is 1. The largest absolute Gasteiger partial charge is 0.489 e. The first-order chi connectivity index (χ1) is 16.5. The van der Waals surface area contributed by atoms with Gasteiger partial charge >= 0.3 is 0 Å². The van der Waals surface area contributed by atoms with Crippen LogP contribution in [-0.4, -0.2) is 11.7 Å². The van der Waals surface area contributed by atoms with Crippen molar-refractivity contribution in [3.8, 4) is 5.75 Å². The summed E-state index contributed by atoms with van der Waals surface area (Å²) in [7, 11) is 0. The van der Waals surface area contributed by atoms with Crippen molar-refractivity contribution < 1.29 is 14.3 Å². The highest BCUT2D eigenvalue weighted by atomic mass is 16.5. The maximum atomic E-state index is 13.2. The van der Waals surface area contributed by atoms with E-state index in [0.29, 0.717) is 29.1 Å². The minimum atomic E-state index is -0.0685.